The molecule has 0 spiro atoms. The normalized spacial score (nSPS) is 12.6. The van der Waals surface area contributed by atoms with Crippen LogP contribution in [0.5, 0.6) is 0 Å². The first-order valence-electron chi connectivity index (χ1n) is 6.27. The average molecular weight is 249 g/mol. The Bertz CT molecular complexity index is 355. The Morgan fingerprint density at radius 3 is 2.33 bits per heavy atom. The minimum absolute atomic E-state index is 0.159. The fourth-order valence-electron chi connectivity index (χ4n) is 1.91. The predicted octanol–water partition coefficient (Wildman–Crippen LogP) is 2.39. The molecule has 0 aliphatic rings. The molecule has 18 heavy (non-hydrogen) atoms. The molecule has 2 N–H and O–H groups in total. The predicted molar refractivity (Wildman–Crippen MR) is 75.8 cm³/mol. The molecule has 0 bridgehead atoms. The molecule has 0 radical (unpaired) electrons. The van der Waals surface area contributed by atoms with E-state index in [1.165, 1.54) is 0 Å². The van der Waals surface area contributed by atoms with Gasteiger partial charge in [-0.3, -0.25) is 0 Å². The second kappa shape index (κ2) is 7.01. The van der Waals surface area contributed by atoms with Crippen LogP contribution in [0.2, 0.25) is 0 Å². The summed E-state index contributed by atoms with van der Waals surface area (Å²) in [6.45, 7) is 4.95. The van der Waals surface area contributed by atoms with Crippen molar-refractivity contribution in [3.8, 4) is 0 Å². The molecule has 4 heteroatoms. The van der Waals surface area contributed by atoms with Crippen molar-refractivity contribution in [3.05, 3.63) is 30.3 Å². The van der Waals surface area contributed by atoms with Crippen LogP contribution in [0.25, 0.3) is 0 Å². The number of urea groups is 1. The van der Waals surface area contributed by atoms with Crippen molar-refractivity contribution in [3.63, 3.8) is 0 Å². The number of nitrogens with one attached hydrogen (secondary N) is 2. The van der Waals surface area contributed by atoms with Crippen LogP contribution in [-0.2, 0) is 0 Å². The van der Waals surface area contributed by atoms with E-state index < -0.39 is 0 Å². The number of amides is 2. The summed E-state index contributed by atoms with van der Waals surface area (Å²) in [6, 6.07) is 9.62. The highest BCUT2D eigenvalue weighted by atomic mass is 16.2. The first kappa shape index (κ1) is 14.5. The molecule has 0 saturated heterocycles. The van der Waals surface area contributed by atoms with Gasteiger partial charge in [0.05, 0.1) is 0 Å². The van der Waals surface area contributed by atoms with E-state index >= 15 is 0 Å². The third-order valence-corrected chi connectivity index (χ3v) is 2.94. The van der Waals surface area contributed by atoms with Crippen LogP contribution in [0, 0.1) is 5.92 Å². The highest BCUT2D eigenvalue weighted by Crippen LogP contribution is 2.07. The molecule has 1 aromatic rings. The second-order valence-electron chi connectivity index (χ2n) is 4.98. The summed E-state index contributed by atoms with van der Waals surface area (Å²) in [4.78, 5) is 13.9. The molecule has 100 valence electrons. The molecule has 0 saturated carbocycles. The van der Waals surface area contributed by atoms with Gasteiger partial charge in [-0.15, -0.1) is 0 Å². The van der Waals surface area contributed by atoms with Gasteiger partial charge in [-0.1, -0.05) is 32.0 Å². The van der Waals surface area contributed by atoms with Gasteiger partial charge in [0.1, 0.15) is 0 Å². The van der Waals surface area contributed by atoms with Gasteiger partial charge in [-0.05, 0) is 32.1 Å². The summed E-state index contributed by atoms with van der Waals surface area (Å²) in [5, 5.41) is 5.71. The van der Waals surface area contributed by atoms with E-state index in [1.54, 1.807) is 0 Å². The van der Waals surface area contributed by atoms with E-state index in [0.29, 0.717) is 18.5 Å². The maximum atomic E-state index is 11.7. The fourth-order valence-corrected chi connectivity index (χ4v) is 1.91. The van der Waals surface area contributed by atoms with Crippen LogP contribution in [-0.4, -0.2) is 37.6 Å². The number of likely N-dealkylation sites (N-methyl/N-ethyl adjacent to an activating group) is 1. The monoisotopic (exact) mass is 249 g/mol. The smallest absolute Gasteiger partial charge is 0.319 e. The van der Waals surface area contributed by atoms with E-state index in [9.17, 15) is 4.79 Å². The van der Waals surface area contributed by atoms with Crippen molar-refractivity contribution in [1.82, 2.24) is 10.2 Å². The number of rotatable bonds is 5. The quantitative estimate of drug-likeness (QED) is 0.841. The zero-order valence-electron chi connectivity index (χ0n) is 11.6. The number of hydrogen-bond donors (Lipinski definition) is 2. The van der Waals surface area contributed by atoms with E-state index in [2.05, 4.69) is 29.4 Å². The molecule has 0 fully saturated rings. The van der Waals surface area contributed by atoms with Gasteiger partial charge in [0.25, 0.3) is 0 Å². The van der Waals surface area contributed by atoms with Crippen LogP contribution < -0.4 is 10.6 Å². The van der Waals surface area contributed by atoms with Gasteiger partial charge < -0.3 is 15.5 Å². The molecule has 0 aliphatic carbocycles. The van der Waals surface area contributed by atoms with Gasteiger partial charge in [0.15, 0.2) is 0 Å². The lowest BCUT2D eigenvalue weighted by Gasteiger charge is -2.28. The minimum Gasteiger partial charge on any atom is -0.336 e. The molecular weight excluding hydrogens is 226 g/mol. The van der Waals surface area contributed by atoms with E-state index in [0.717, 1.165) is 5.69 Å². The lowest BCUT2D eigenvalue weighted by molar-refractivity contribution is 0.218. The van der Waals surface area contributed by atoms with Crippen LogP contribution in [0.3, 0.4) is 0 Å². The summed E-state index contributed by atoms with van der Waals surface area (Å²) in [5.41, 5.74) is 0.806. The Kier molecular flexibility index (Phi) is 5.65. The van der Waals surface area contributed by atoms with Gasteiger partial charge >= 0.3 is 6.03 Å². The van der Waals surface area contributed by atoms with Crippen molar-refractivity contribution in [2.45, 2.75) is 19.9 Å². The summed E-state index contributed by atoms with van der Waals surface area (Å²) in [6.07, 6.45) is 0. The molecule has 0 aromatic heterocycles. The van der Waals surface area contributed by atoms with Crippen molar-refractivity contribution in [2.24, 2.45) is 5.92 Å². The second-order valence-corrected chi connectivity index (χ2v) is 4.98. The molecular formula is C14H23N3O. The molecule has 4 nitrogen and oxygen atoms in total. The molecule has 1 atom stereocenters. The summed E-state index contributed by atoms with van der Waals surface area (Å²) in [5.74, 6) is 0.497. The zero-order valence-corrected chi connectivity index (χ0v) is 11.6. The van der Waals surface area contributed by atoms with Crippen molar-refractivity contribution < 1.29 is 4.79 Å². The molecule has 2 amide bonds. The molecule has 0 aliphatic heterocycles. The molecule has 1 rings (SSSR count). The topological polar surface area (TPSA) is 44.4 Å². The summed E-state index contributed by atoms with van der Waals surface area (Å²) < 4.78 is 0. The van der Waals surface area contributed by atoms with Crippen LogP contribution in [0.1, 0.15) is 13.8 Å². The van der Waals surface area contributed by atoms with E-state index in [-0.39, 0.29) is 6.03 Å². The Morgan fingerprint density at radius 1 is 1.22 bits per heavy atom. The number of anilines is 1. The number of para-hydroxylation sites is 1. The maximum absolute atomic E-state index is 11.7. The summed E-state index contributed by atoms with van der Waals surface area (Å²) >= 11 is 0. The van der Waals surface area contributed by atoms with Gasteiger partial charge in [-0.2, -0.15) is 0 Å². The maximum Gasteiger partial charge on any atom is 0.319 e. The fraction of sp³-hybridized carbons (Fsp3) is 0.500. The van der Waals surface area contributed by atoms with Crippen molar-refractivity contribution >= 4 is 11.7 Å². The van der Waals surface area contributed by atoms with Gasteiger partial charge in [-0.25, -0.2) is 4.79 Å². The lowest BCUT2D eigenvalue weighted by Crippen LogP contribution is -2.44. The number of nitrogens with zero attached hydrogens (tertiary/aromatic N) is 1. The number of carbonyl (C=O) groups is 1. The zero-order chi connectivity index (χ0) is 13.5. The van der Waals surface area contributed by atoms with Crippen LogP contribution in [0.4, 0.5) is 10.5 Å². The Labute approximate surface area is 109 Å². The number of carbonyl (C=O) groups excluding carboxylic acids is 1. The van der Waals surface area contributed by atoms with E-state index in [1.807, 2.05) is 44.4 Å². The Balaban J connectivity index is 2.41. The summed E-state index contributed by atoms with van der Waals surface area (Å²) in [7, 11) is 4.06. The molecule has 0 heterocycles. The molecule has 1 aromatic carbocycles. The van der Waals surface area contributed by atoms with Crippen molar-refractivity contribution in [2.75, 3.05) is 26.0 Å². The first-order chi connectivity index (χ1) is 8.50. The third-order valence-electron chi connectivity index (χ3n) is 2.94. The Morgan fingerprint density at radius 2 is 1.83 bits per heavy atom. The lowest BCUT2D eigenvalue weighted by atomic mass is 10.0. The highest BCUT2D eigenvalue weighted by molar-refractivity contribution is 5.89. The number of hydrogen-bond acceptors (Lipinski definition) is 2. The molecule has 0 unspecified atom stereocenters. The third kappa shape index (κ3) is 4.75. The van der Waals surface area contributed by atoms with Gasteiger partial charge in [0.2, 0.25) is 0 Å². The minimum atomic E-state index is -0.159. The van der Waals surface area contributed by atoms with Crippen LogP contribution in [0.15, 0.2) is 30.3 Å². The first-order valence-corrected chi connectivity index (χ1v) is 6.27. The largest absolute Gasteiger partial charge is 0.336 e. The van der Waals surface area contributed by atoms with Crippen molar-refractivity contribution in [1.29, 1.82) is 0 Å². The average Bonchev–Trinajstić information content (AvgIpc) is 2.29. The van der Waals surface area contributed by atoms with Gasteiger partial charge in [0, 0.05) is 18.3 Å². The number of benzene rings is 1. The van der Waals surface area contributed by atoms with E-state index in [4.69, 9.17) is 0 Å². The Hall–Kier alpha value is -1.55. The van der Waals surface area contributed by atoms with Crippen LogP contribution >= 0.6 is 0 Å². The highest BCUT2D eigenvalue weighted by Gasteiger charge is 2.16. The SMILES string of the molecule is CC(C)[C@H](CNC(=O)Nc1ccccc1)N(C)C. The standard InChI is InChI=1S/C14H23N3O/c1-11(2)13(17(3)4)10-15-14(18)16-12-8-6-5-7-9-12/h5-9,11,13H,10H2,1-4H3,(H2,15,16,18)/t13-/m0/s1.